The van der Waals surface area contributed by atoms with Crippen molar-refractivity contribution in [3.05, 3.63) is 35.9 Å². The van der Waals surface area contributed by atoms with E-state index in [1.54, 1.807) is 19.1 Å². The third kappa shape index (κ3) is 3.51. The highest BCUT2D eigenvalue weighted by Gasteiger charge is 2.50. The third-order valence-electron chi connectivity index (χ3n) is 6.68. The summed E-state index contributed by atoms with van der Waals surface area (Å²) in [4.78, 5) is 39.0. The average molecular weight is 385 g/mol. The van der Waals surface area contributed by atoms with Crippen LogP contribution in [-0.2, 0) is 15.1 Å². The number of hydrogen-bond donors (Lipinski definition) is 3. The summed E-state index contributed by atoms with van der Waals surface area (Å²) in [7, 11) is 0. The number of carbonyl (C=O) groups is 3. The molecular weight excluding hydrogens is 356 g/mol. The molecule has 1 saturated carbocycles. The van der Waals surface area contributed by atoms with Crippen molar-refractivity contribution in [2.75, 3.05) is 19.6 Å². The van der Waals surface area contributed by atoms with Gasteiger partial charge in [0.05, 0.1) is 13.1 Å². The molecule has 1 unspecified atom stereocenters. The highest BCUT2D eigenvalue weighted by molar-refractivity contribution is 6.08. The van der Waals surface area contributed by atoms with Gasteiger partial charge in [-0.15, -0.1) is 0 Å². The minimum atomic E-state index is -1.17. The number of hydrazine groups is 1. The number of nitrogens with one attached hydrogen (secondary N) is 3. The van der Waals surface area contributed by atoms with Gasteiger partial charge < -0.3 is 10.2 Å². The Morgan fingerprint density at radius 1 is 1.18 bits per heavy atom. The van der Waals surface area contributed by atoms with Crippen molar-refractivity contribution in [2.45, 2.75) is 44.6 Å². The number of benzene rings is 1. The molecule has 0 spiro atoms. The molecule has 2 heterocycles. The van der Waals surface area contributed by atoms with Crippen LogP contribution >= 0.6 is 0 Å². The molecule has 4 atom stereocenters. The van der Waals surface area contributed by atoms with Gasteiger partial charge in [0.15, 0.2) is 6.54 Å². The van der Waals surface area contributed by atoms with E-state index in [0.29, 0.717) is 18.0 Å². The first-order chi connectivity index (χ1) is 13.5. The van der Waals surface area contributed by atoms with Crippen molar-refractivity contribution in [1.29, 1.82) is 0 Å². The van der Waals surface area contributed by atoms with Crippen molar-refractivity contribution in [3.8, 4) is 0 Å². The molecule has 0 radical (unpaired) electrons. The van der Waals surface area contributed by atoms with Gasteiger partial charge in [-0.2, -0.15) is 5.01 Å². The van der Waals surface area contributed by atoms with Gasteiger partial charge in [-0.3, -0.25) is 15.0 Å². The maximum atomic E-state index is 12.9. The molecule has 2 aliphatic heterocycles. The van der Waals surface area contributed by atoms with Gasteiger partial charge in [0.25, 0.3) is 11.8 Å². The average Bonchev–Trinajstić information content (AvgIpc) is 2.92. The summed E-state index contributed by atoms with van der Waals surface area (Å²) in [6.07, 6.45) is 6.38. The number of piperidine rings is 1. The van der Waals surface area contributed by atoms with E-state index < -0.39 is 17.5 Å². The lowest BCUT2D eigenvalue weighted by Gasteiger charge is -2.38. The van der Waals surface area contributed by atoms with Gasteiger partial charge >= 0.3 is 6.03 Å². The van der Waals surface area contributed by atoms with Crippen LogP contribution in [0.1, 0.15) is 44.6 Å². The Bertz CT molecular complexity index is 768. The summed E-state index contributed by atoms with van der Waals surface area (Å²) in [6, 6.07) is 8.49. The highest BCUT2D eigenvalue weighted by atomic mass is 16.2. The van der Waals surface area contributed by atoms with Crippen molar-refractivity contribution in [2.24, 2.45) is 11.8 Å². The topological polar surface area (TPSA) is 83.0 Å². The second kappa shape index (κ2) is 7.54. The van der Waals surface area contributed by atoms with Crippen molar-refractivity contribution >= 4 is 17.8 Å². The van der Waals surface area contributed by atoms with Crippen molar-refractivity contribution < 1.29 is 19.3 Å². The van der Waals surface area contributed by atoms with Crippen LogP contribution in [0.3, 0.4) is 0 Å². The number of imide groups is 1. The van der Waals surface area contributed by atoms with E-state index in [4.69, 9.17) is 0 Å². The summed E-state index contributed by atoms with van der Waals surface area (Å²) in [5.41, 5.74) is 2.06. The number of urea groups is 1. The van der Waals surface area contributed by atoms with Crippen molar-refractivity contribution in [1.82, 2.24) is 15.8 Å². The van der Waals surface area contributed by atoms with Gasteiger partial charge in [0, 0.05) is 5.92 Å². The predicted molar refractivity (Wildman–Crippen MR) is 103 cm³/mol. The van der Waals surface area contributed by atoms with E-state index in [9.17, 15) is 14.4 Å². The number of likely N-dealkylation sites (tertiary alicyclic amines) is 1. The quantitative estimate of drug-likeness (QED) is 0.663. The summed E-state index contributed by atoms with van der Waals surface area (Å²) in [5, 5.41) is 3.54. The molecule has 1 aromatic carbocycles. The molecule has 3 aliphatic rings. The summed E-state index contributed by atoms with van der Waals surface area (Å²) in [6.45, 7) is 3.95. The lowest BCUT2D eigenvalue weighted by molar-refractivity contribution is -0.902. The van der Waals surface area contributed by atoms with E-state index in [0.717, 1.165) is 24.0 Å². The van der Waals surface area contributed by atoms with E-state index in [2.05, 4.69) is 10.7 Å². The monoisotopic (exact) mass is 385 g/mol. The van der Waals surface area contributed by atoms with Crippen LogP contribution in [0, 0.1) is 11.8 Å². The molecule has 150 valence electrons. The normalized spacial score (nSPS) is 32.6. The van der Waals surface area contributed by atoms with E-state index in [1.807, 2.05) is 18.2 Å². The van der Waals surface area contributed by atoms with Crippen LogP contribution in [-0.4, -0.2) is 42.5 Å². The number of hydrogen-bond acceptors (Lipinski definition) is 3. The number of rotatable bonds is 4. The summed E-state index contributed by atoms with van der Waals surface area (Å²) >= 11 is 0. The lowest BCUT2D eigenvalue weighted by atomic mass is 9.75. The first kappa shape index (κ1) is 18.9. The first-order valence-electron chi connectivity index (χ1n) is 10.3. The van der Waals surface area contributed by atoms with Crippen LogP contribution in [0.5, 0.6) is 0 Å². The standard InChI is InChI=1S/C21H28N4O3/c1-21(17-9-3-2-4-10-17)19(27)25(20(28)22-21)23-18(26)14-24-12-11-15-7-5-6-8-16(15)13-24/h2-4,9-10,15-16H,5-8,11-14H2,1H3,(H,22,28)(H,23,26)/p+1/t15-,16+,21+/m0/s1. The Hall–Kier alpha value is -2.41. The number of fused-ring (bicyclic) bond motifs is 1. The molecule has 1 aromatic rings. The van der Waals surface area contributed by atoms with Crippen molar-refractivity contribution in [3.63, 3.8) is 0 Å². The maximum absolute atomic E-state index is 12.9. The summed E-state index contributed by atoms with van der Waals surface area (Å²) < 4.78 is 0. The van der Waals surface area contributed by atoms with E-state index >= 15 is 0 Å². The fraction of sp³-hybridized carbons (Fsp3) is 0.571. The lowest BCUT2D eigenvalue weighted by Crippen LogP contribution is -3.15. The second-order valence-electron chi connectivity index (χ2n) is 8.57. The zero-order valence-electron chi connectivity index (χ0n) is 16.4. The van der Waals surface area contributed by atoms with Crippen LogP contribution < -0.4 is 15.6 Å². The maximum Gasteiger partial charge on any atom is 0.344 e. The van der Waals surface area contributed by atoms with Gasteiger partial charge in [0.2, 0.25) is 0 Å². The molecule has 1 aliphatic carbocycles. The molecule has 7 nitrogen and oxygen atoms in total. The molecule has 7 heteroatoms. The minimum absolute atomic E-state index is 0.287. The fourth-order valence-corrected chi connectivity index (χ4v) is 5.06. The largest absolute Gasteiger partial charge is 0.344 e. The molecule has 3 N–H and O–H groups in total. The van der Waals surface area contributed by atoms with Gasteiger partial charge in [-0.05, 0) is 37.7 Å². The molecule has 0 aromatic heterocycles. The molecule has 2 saturated heterocycles. The second-order valence-corrected chi connectivity index (χ2v) is 8.57. The predicted octanol–water partition coefficient (Wildman–Crippen LogP) is 0.580. The zero-order valence-corrected chi connectivity index (χ0v) is 16.4. The Kier molecular flexibility index (Phi) is 5.10. The fourth-order valence-electron chi connectivity index (χ4n) is 5.06. The highest BCUT2D eigenvalue weighted by Crippen LogP contribution is 2.32. The van der Waals surface area contributed by atoms with E-state index in [-0.39, 0.29) is 5.91 Å². The van der Waals surface area contributed by atoms with Crippen LogP contribution in [0.2, 0.25) is 0 Å². The number of quaternary nitrogens is 1. The minimum Gasteiger partial charge on any atom is -0.327 e. The smallest absolute Gasteiger partial charge is 0.327 e. The SMILES string of the molecule is C[C@]1(c2ccccc2)NC(=O)N(NC(=O)C[NH+]2CC[C@@H]3CCCC[C@@H]3C2)C1=O. The molecule has 28 heavy (non-hydrogen) atoms. The molecule has 4 rings (SSSR count). The number of amides is 4. The zero-order chi connectivity index (χ0) is 19.7. The number of carbonyl (C=O) groups excluding carboxylic acids is 3. The third-order valence-corrected chi connectivity index (χ3v) is 6.68. The van der Waals surface area contributed by atoms with Gasteiger partial charge in [-0.1, -0.05) is 43.2 Å². The van der Waals surface area contributed by atoms with Crippen LogP contribution in [0.25, 0.3) is 0 Å². The van der Waals surface area contributed by atoms with E-state index in [1.165, 1.54) is 37.0 Å². The first-order valence-corrected chi connectivity index (χ1v) is 10.3. The van der Waals surface area contributed by atoms with Crippen LogP contribution in [0.4, 0.5) is 4.79 Å². The molecular formula is C21H29N4O3+. The Labute approximate surface area is 165 Å². The Morgan fingerprint density at radius 3 is 2.64 bits per heavy atom. The molecule has 3 fully saturated rings. The Balaban J connectivity index is 1.37. The van der Waals surface area contributed by atoms with Gasteiger partial charge in [0.1, 0.15) is 5.54 Å². The molecule has 0 bridgehead atoms. The Morgan fingerprint density at radius 2 is 1.89 bits per heavy atom. The molecule has 4 amide bonds. The van der Waals surface area contributed by atoms with Gasteiger partial charge in [-0.25, -0.2) is 4.79 Å². The summed E-state index contributed by atoms with van der Waals surface area (Å²) in [5.74, 6) is 0.782. The van der Waals surface area contributed by atoms with Crippen LogP contribution in [0.15, 0.2) is 30.3 Å². The number of nitrogens with zero attached hydrogens (tertiary/aromatic N) is 1.